The third-order valence-corrected chi connectivity index (χ3v) is 2.99. The van der Waals surface area contributed by atoms with Gasteiger partial charge in [0.2, 0.25) is 0 Å². The third kappa shape index (κ3) is 4.17. The lowest BCUT2D eigenvalue weighted by atomic mass is 10.2. The number of ether oxygens (including phenoxy) is 3. The number of carbonyl (C=O) groups is 1. The summed E-state index contributed by atoms with van der Waals surface area (Å²) >= 11 is 0. The lowest BCUT2D eigenvalue weighted by Crippen LogP contribution is -2.50. The first-order valence-corrected chi connectivity index (χ1v) is 7.03. The molecule has 7 nitrogen and oxygen atoms in total. The molecule has 0 saturated carbocycles. The van der Waals surface area contributed by atoms with E-state index in [1.54, 1.807) is 46.1 Å². The van der Waals surface area contributed by atoms with E-state index in [1.807, 2.05) is 0 Å². The van der Waals surface area contributed by atoms with E-state index in [2.05, 4.69) is 10.6 Å². The van der Waals surface area contributed by atoms with Crippen LogP contribution in [0, 0.1) is 0 Å². The first kappa shape index (κ1) is 16.2. The molecule has 1 aromatic carbocycles. The van der Waals surface area contributed by atoms with Gasteiger partial charge >= 0.3 is 6.09 Å². The normalized spacial score (nSPS) is 20.8. The maximum absolute atomic E-state index is 11.8. The molecule has 0 saturated heterocycles. The van der Waals surface area contributed by atoms with Crippen LogP contribution in [-0.4, -0.2) is 42.8 Å². The minimum atomic E-state index is -0.998. The number of anilines is 1. The lowest BCUT2D eigenvalue weighted by Gasteiger charge is -2.25. The van der Waals surface area contributed by atoms with Crippen LogP contribution in [0.5, 0.6) is 11.5 Å². The predicted molar refractivity (Wildman–Crippen MR) is 81.3 cm³/mol. The summed E-state index contributed by atoms with van der Waals surface area (Å²) in [6.45, 7) is 5.42. The first-order valence-electron chi connectivity index (χ1n) is 7.03. The number of nitrogens with one attached hydrogen (secondary N) is 2. The maximum Gasteiger partial charge on any atom is 0.408 e. The number of amides is 1. The Morgan fingerprint density at radius 2 is 2.18 bits per heavy atom. The highest BCUT2D eigenvalue weighted by Gasteiger charge is 2.28. The van der Waals surface area contributed by atoms with E-state index in [-0.39, 0.29) is 6.61 Å². The molecule has 0 spiro atoms. The van der Waals surface area contributed by atoms with Gasteiger partial charge in [0.25, 0.3) is 0 Å². The number of rotatable bonds is 2. The highest BCUT2D eigenvalue weighted by molar-refractivity contribution is 5.68. The standard InChI is InChI=1S/C15H22N2O5/c1-15(2,3)22-14(19)17-11-8-21-12-7-9(20-4)5-6-10(12)16-13(11)18/h5-7,11,13,16,18H,8H2,1-4H3,(H,17,19)/t11-,13?/m0/s1. The van der Waals surface area contributed by atoms with Crippen molar-refractivity contribution in [1.82, 2.24) is 5.32 Å². The number of hydrogen-bond acceptors (Lipinski definition) is 6. The molecule has 1 amide bonds. The minimum Gasteiger partial charge on any atom is -0.497 e. The number of methoxy groups -OCH3 is 1. The van der Waals surface area contributed by atoms with Gasteiger partial charge in [-0.2, -0.15) is 0 Å². The predicted octanol–water partition coefficient (Wildman–Crippen LogP) is 1.71. The number of hydrogen-bond donors (Lipinski definition) is 3. The number of alkyl carbamates (subject to hydrolysis) is 1. The summed E-state index contributed by atoms with van der Waals surface area (Å²) in [4.78, 5) is 11.8. The van der Waals surface area contributed by atoms with E-state index in [1.165, 1.54) is 0 Å². The van der Waals surface area contributed by atoms with Crippen molar-refractivity contribution in [2.24, 2.45) is 0 Å². The minimum absolute atomic E-state index is 0.105. The van der Waals surface area contributed by atoms with E-state index < -0.39 is 24.0 Å². The average Bonchev–Trinajstić information content (AvgIpc) is 2.56. The zero-order valence-corrected chi connectivity index (χ0v) is 13.2. The van der Waals surface area contributed by atoms with Crippen LogP contribution in [0.4, 0.5) is 10.5 Å². The molecule has 1 aliphatic heterocycles. The van der Waals surface area contributed by atoms with Gasteiger partial charge in [-0.1, -0.05) is 0 Å². The van der Waals surface area contributed by atoms with Crippen molar-refractivity contribution in [1.29, 1.82) is 0 Å². The number of fused-ring (bicyclic) bond motifs is 1. The summed E-state index contributed by atoms with van der Waals surface area (Å²) in [5.41, 5.74) is 0.0199. The van der Waals surface area contributed by atoms with Crippen molar-refractivity contribution in [3.8, 4) is 11.5 Å². The number of carbonyl (C=O) groups excluding carboxylic acids is 1. The van der Waals surface area contributed by atoms with Crippen LogP contribution in [-0.2, 0) is 4.74 Å². The lowest BCUT2D eigenvalue weighted by molar-refractivity contribution is 0.0410. The summed E-state index contributed by atoms with van der Waals surface area (Å²) in [5.74, 6) is 1.19. The molecule has 22 heavy (non-hydrogen) atoms. The molecule has 0 aliphatic carbocycles. The van der Waals surface area contributed by atoms with Gasteiger partial charge < -0.3 is 30.0 Å². The van der Waals surface area contributed by atoms with Gasteiger partial charge in [0.15, 0.2) is 0 Å². The largest absolute Gasteiger partial charge is 0.497 e. The Balaban J connectivity index is 2.04. The molecule has 1 unspecified atom stereocenters. The quantitative estimate of drug-likeness (QED) is 0.770. The maximum atomic E-state index is 11.8. The molecule has 1 aromatic rings. The second-order valence-electron chi connectivity index (χ2n) is 6.01. The zero-order chi connectivity index (χ0) is 16.3. The van der Waals surface area contributed by atoms with Crippen molar-refractivity contribution in [2.45, 2.75) is 38.6 Å². The van der Waals surface area contributed by atoms with Gasteiger partial charge in [0, 0.05) is 6.07 Å². The number of aliphatic hydroxyl groups is 1. The molecule has 7 heteroatoms. The summed E-state index contributed by atoms with van der Waals surface area (Å²) < 4.78 is 15.9. The Bertz CT molecular complexity index is 541. The van der Waals surface area contributed by atoms with Gasteiger partial charge in [0.05, 0.1) is 12.8 Å². The molecule has 1 heterocycles. The monoisotopic (exact) mass is 310 g/mol. The van der Waals surface area contributed by atoms with Crippen molar-refractivity contribution in [2.75, 3.05) is 19.0 Å². The highest BCUT2D eigenvalue weighted by Crippen LogP contribution is 2.31. The van der Waals surface area contributed by atoms with E-state index >= 15 is 0 Å². The van der Waals surface area contributed by atoms with E-state index in [0.717, 1.165) is 0 Å². The van der Waals surface area contributed by atoms with Gasteiger partial charge in [-0.25, -0.2) is 4.79 Å². The molecule has 122 valence electrons. The highest BCUT2D eigenvalue weighted by atomic mass is 16.6. The van der Waals surface area contributed by atoms with Gasteiger partial charge in [-0.05, 0) is 32.9 Å². The van der Waals surface area contributed by atoms with Crippen LogP contribution >= 0.6 is 0 Å². The molecule has 0 fully saturated rings. The third-order valence-electron chi connectivity index (χ3n) is 2.99. The molecule has 1 aliphatic rings. The van der Waals surface area contributed by atoms with Crippen LogP contribution in [0.3, 0.4) is 0 Å². The summed E-state index contributed by atoms with van der Waals surface area (Å²) in [6, 6.07) is 4.56. The zero-order valence-electron chi connectivity index (χ0n) is 13.2. The molecule has 2 atom stereocenters. The molecule has 2 rings (SSSR count). The molecular weight excluding hydrogens is 288 g/mol. The van der Waals surface area contributed by atoms with Crippen LogP contribution < -0.4 is 20.1 Å². The second-order valence-corrected chi connectivity index (χ2v) is 6.01. The average molecular weight is 310 g/mol. The Hall–Kier alpha value is -2.15. The van der Waals surface area contributed by atoms with Crippen molar-refractivity contribution in [3.63, 3.8) is 0 Å². The van der Waals surface area contributed by atoms with Gasteiger partial charge in [-0.15, -0.1) is 0 Å². The SMILES string of the molecule is COc1ccc2c(c1)OC[C@H](NC(=O)OC(C)(C)C)C(O)N2. The van der Waals surface area contributed by atoms with E-state index in [4.69, 9.17) is 14.2 Å². The number of aliphatic hydroxyl groups excluding tert-OH is 1. The van der Waals surface area contributed by atoms with E-state index in [0.29, 0.717) is 17.2 Å². The molecular formula is C15H22N2O5. The summed E-state index contributed by atoms with van der Waals surface area (Å²) in [6.07, 6.45) is -1.60. The Labute approximate surface area is 129 Å². The van der Waals surface area contributed by atoms with Crippen LogP contribution in [0.15, 0.2) is 18.2 Å². The van der Waals surface area contributed by atoms with Crippen LogP contribution in [0.25, 0.3) is 0 Å². The van der Waals surface area contributed by atoms with Gasteiger partial charge in [0.1, 0.15) is 36.0 Å². The summed E-state index contributed by atoms with van der Waals surface area (Å²) in [5, 5.41) is 15.7. The molecule has 3 N–H and O–H groups in total. The first-order chi connectivity index (χ1) is 10.3. The molecule has 0 radical (unpaired) electrons. The summed E-state index contributed by atoms with van der Waals surface area (Å²) in [7, 11) is 1.56. The number of benzene rings is 1. The van der Waals surface area contributed by atoms with Crippen LogP contribution in [0.1, 0.15) is 20.8 Å². The fourth-order valence-corrected chi connectivity index (χ4v) is 1.98. The smallest absolute Gasteiger partial charge is 0.408 e. The van der Waals surface area contributed by atoms with Crippen LogP contribution in [0.2, 0.25) is 0 Å². The second kappa shape index (κ2) is 6.31. The fourth-order valence-electron chi connectivity index (χ4n) is 1.98. The molecule has 0 aromatic heterocycles. The topological polar surface area (TPSA) is 89.1 Å². The van der Waals surface area contributed by atoms with Gasteiger partial charge in [-0.3, -0.25) is 0 Å². The van der Waals surface area contributed by atoms with E-state index in [9.17, 15) is 9.90 Å². The molecule has 0 bridgehead atoms. The Morgan fingerprint density at radius 3 is 2.82 bits per heavy atom. The Morgan fingerprint density at radius 1 is 1.45 bits per heavy atom. The fraction of sp³-hybridized carbons (Fsp3) is 0.533. The van der Waals surface area contributed by atoms with Crippen molar-refractivity contribution in [3.05, 3.63) is 18.2 Å². The Kier molecular flexibility index (Phi) is 4.65. The van der Waals surface area contributed by atoms with Crippen molar-refractivity contribution >= 4 is 11.8 Å². The van der Waals surface area contributed by atoms with Crippen molar-refractivity contribution < 1.29 is 24.1 Å².